The Kier molecular flexibility index (Phi) is 1.60. The predicted molar refractivity (Wildman–Crippen MR) is 39.2 cm³/mol. The lowest BCUT2D eigenvalue weighted by Crippen LogP contribution is -2.16. The van der Waals surface area contributed by atoms with Crippen molar-refractivity contribution < 1.29 is 0 Å². The zero-order valence-electron chi connectivity index (χ0n) is 5.46. The third-order valence-corrected chi connectivity index (χ3v) is 1.44. The molecule has 3 heteroatoms. The third-order valence-electron chi connectivity index (χ3n) is 1.44. The van der Waals surface area contributed by atoms with Gasteiger partial charge >= 0.3 is 0 Å². The highest BCUT2D eigenvalue weighted by Crippen LogP contribution is 2.11. The van der Waals surface area contributed by atoms with Crippen LogP contribution in [0.3, 0.4) is 0 Å². The van der Waals surface area contributed by atoms with E-state index in [-0.39, 0.29) is 0 Å². The van der Waals surface area contributed by atoms with Crippen LogP contribution in [-0.2, 0) is 0 Å². The van der Waals surface area contributed by atoms with Gasteiger partial charge in [0.05, 0.1) is 0 Å². The summed E-state index contributed by atoms with van der Waals surface area (Å²) in [5.41, 5.74) is 6.03. The van der Waals surface area contributed by atoms with E-state index in [1.807, 2.05) is 13.0 Å². The van der Waals surface area contributed by atoms with Crippen LogP contribution in [0.1, 0.15) is 13.3 Å². The van der Waals surface area contributed by atoms with E-state index in [2.05, 4.69) is 4.99 Å². The normalized spacial score (nSPS) is 27.0. The molecule has 2 radical (unpaired) electrons. The topological polar surface area (TPSA) is 38.4 Å². The highest BCUT2D eigenvalue weighted by molar-refractivity contribution is 6.60. The van der Waals surface area contributed by atoms with E-state index in [1.54, 1.807) is 0 Å². The summed E-state index contributed by atoms with van der Waals surface area (Å²) in [4.78, 5) is 3.90. The van der Waals surface area contributed by atoms with Gasteiger partial charge in [-0.05, 0) is 24.0 Å². The first-order valence-electron chi connectivity index (χ1n) is 3.00. The maximum absolute atomic E-state index is 5.50. The van der Waals surface area contributed by atoms with E-state index in [9.17, 15) is 0 Å². The first-order valence-corrected chi connectivity index (χ1v) is 3.00. The summed E-state index contributed by atoms with van der Waals surface area (Å²) in [6, 6.07) is 0. The molecule has 0 aromatic heterocycles. The fourth-order valence-electron chi connectivity index (χ4n) is 0.723. The number of nitrogens with zero attached hydrogens (tertiary/aromatic N) is 1. The molecular weight excluding hydrogens is 111 g/mol. The van der Waals surface area contributed by atoms with Crippen LogP contribution in [0.25, 0.3) is 0 Å². The van der Waals surface area contributed by atoms with Crippen molar-refractivity contribution in [1.82, 2.24) is 0 Å². The number of nitrogens with two attached hydrogens (primary N) is 1. The van der Waals surface area contributed by atoms with Gasteiger partial charge in [0.25, 0.3) is 0 Å². The van der Waals surface area contributed by atoms with Gasteiger partial charge in [0.1, 0.15) is 13.7 Å². The Morgan fingerprint density at radius 3 is 3.00 bits per heavy atom. The molecule has 0 saturated heterocycles. The average Bonchev–Trinajstić information content (AvgIpc) is 1.80. The second kappa shape index (κ2) is 2.25. The highest BCUT2D eigenvalue weighted by Gasteiger charge is 2.07. The van der Waals surface area contributed by atoms with Crippen molar-refractivity contribution in [2.75, 3.05) is 0 Å². The largest absolute Gasteiger partial charge is 0.384 e. The van der Waals surface area contributed by atoms with Crippen LogP contribution in [0, 0.1) is 5.92 Å². The van der Waals surface area contributed by atoms with Crippen LogP contribution in [0.2, 0.25) is 0 Å². The summed E-state index contributed by atoms with van der Waals surface area (Å²) in [6.07, 6.45) is 2.81. The molecule has 0 spiro atoms. The summed E-state index contributed by atoms with van der Waals surface area (Å²) >= 11 is 0. The van der Waals surface area contributed by atoms with Gasteiger partial charge in [-0.1, -0.05) is 6.92 Å². The molecule has 0 fully saturated rings. The summed E-state index contributed by atoms with van der Waals surface area (Å²) in [5, 5.41) is 0. The van der Waals surface area contributed by atoms with Crippen molar-refractivity contribution in [2.24, 2.45) is 16.6 Å². The SMILES string of the molecule is [B]C1=NC(N)=CC[C@H]1C. The van der Waals surface area contributed by atoms with Crippen LogP contribution in [0.15, 0.2) is 16.9 Å². The zero-order valence-corrected chi connectivity index (χ0v) is 5.46. The molecule has 1 heterocycles. The van der Waals surface area contributed by atoms with E-state index in [4.69, 9.17) is 13.6 Å². The Morgan fingerprint density at radius 2 is 2.56 bits per heavy atom. The lowest BCUT2D eigenvalue weighted by atomic mass is 9.85. The molecule has 2 nitrogen and oxygen atoms in total. The lowest BCUT2D eigenvalue weighted by Gasteiger charge is -2.13. The molecule has 1 atom stereocenters. The van der Waals surface area contributed by atoms with Crippen LogP contribution in [0.5, 0.6) is 0 Å². The maximum atomic E-state index is 5.50. The van der Waals surface area contributed by atoms with Crippen molar-refractivity contribution in [3.8, 4) is 0 Å². The number of hydrogen-bond acceptors (Lipinski definition) is 2. The van der Waals surface area contributed by atoms with E-state index < -0.39 is 0 Å². The Hall–Kier alpha value is -0.725. The van der Waals surface area contributed by atoms with E-state index in [0.29, 0.717) is 17.3 Å². The molecule has 0 aromatic rings. The minimum atomic E-state index is 0.359. The van der Waals surface area contributed by atoms with Gasteiger partial charge in [-0.25, -0.2) is 0 Å². The fraction of sp³-hybridized carbons (Fsp3) is 0.500. The molecule has 0 aromatic carbocycles. The second-order valence-corrected chi connectivity index (χ2v) is 2.30. The van der Waals surface area contributed by atoms with Gasteiger partial charge in [0.2, 0.25) is 0 Å². The number of allylic oxidation sites excluding steroid dienone is 1. The smallest absolute Gasteiger partial charge is 0.136 e. The minimum Gasteiger partial charge on any atom is -0.384 e. The quantitative estimate of drug-likeness (QED) is 0.461. The standard InChI is InChI=1S/C6H9BN2/c1-4-2-3-5(8)9-6(4)7/h3-4H,2,8H2,1H3/t4-/m1/s1. The Bertz CT molecular complexity index is 172. The number of hydrogen-bond donors (Lipinski definition) is 1. The van der Waals surface area contributed by atoms with Crippen LogP contribution >= 0.6 is 0 Å². The third kappa shape index (κ3) is 1.34. The Labute approximate surface area is 56.3 Å². The molecule has 0 aliphatic carbocycles. The molecule has 1 aliphatic rings. The lowest BCUT2D eigenvalue weighted by molar-refractivity contribution is 0.775. The summed E-state index contributed by atoms with van der Waals surface area (Å²) in [6.45, 7) is 2.03. The maximum Gasteiger partial charge on any atom is 0.136 e. The molecule has 0 bridgehead atoms. The molecule has 1 rings (SSSR count). The van der Waals surface area contributed by atoms with Crippen LogP contribution in [-0.4, -0.2) is 13.5 Å². The monoisotopic (exact) mass is 120 g/mol. The van der Waals surface area contributed by atoms with E-state index in [0.717, 1.165) is 6.42 Å². The zero-order chi connectivity index (χ0) is 6.85. The van der Waals surface area contributed by atoms with Gasteiger partial charge in [0.15, 0.2) is 0 Å². The van der Waals surface area contributed by atoms with E-state index in [1.165, 1.54) is 0 Å². The molecule has 0 amide bonds. The van der Waals surface area contributed by atoms with Crippen LogP contribution in [0.4, 0.5) is 0 Å². The predicted octanol–water partition coefficient (Wildman–Crippen LogP) is 0.393. The van der Waals surface area contributed by atoms with Crippen molar-refractivity contribution in [2.45, 2.75) is 13.3 Å². The van der Waals surface area contributed by atoms with Gasteiger partial charge in [-0.15, -0.1) is 0 Å². The second-order valence-electron chi connectivity index (χ2n) is 2.30. The molecule has 0 saturated carbocycles. The van der Waals surface area contributed by atoms with Gasteiger partial charge in [-0.2, -0.15) is 0 Å². The number of rotatable bonds is 0. The van der Waals surface area contributed by atoms with Crippen LogP contribution < -0.4 is 5.73 Å². The van der Waals surface area contributed by atoms with E-state index >= 15 is 0 Å². The number of aliphatic imine (C=N–C) groups is 1. The van der Waals surface area contributed by atoms with Crippen molar-refractivity contribution in [3.63, 3.8) is 0 Å². The molecular formula is C6H9BN2. The molecule has 1 aliphatic heterocycles. The molecule has 0 unspecified atom stereocenters. The van der Waals surface area contributed by atoms with Crippen molar-refractivity contribution in [3.05, 3.63) is 11.9 Å². The first-order chi connectivity index (χ1) is 4.20. The Morgan fingerprint density at radius 1 is 1.89 bits per heavy atom. The summed E-state index contributed by atoms with van der Waals surface area (Å²) in [7, 11) is 5.50. The highest BCUT2D eigenvalue weighted by atomic mass is 14.9. The van der Waals surface area contributed by atoms with Gasteiger partial charge in [0, 0.05) is 0 Å². The fourth-order valence-corrected chi connectivity index (χ4v) is 0.723. The van der Waals surface area contributed by atoms with Crippen molar-refractivity contribution >= 4 is 13.5 Å². The minimum absolute atomic E-state index is 0.359. The summed E-state index contributed by atoms with van der Waals surface area (Å²) < 4.78 is 0. The van der Waals surface area contributed by atoms with Gasteiger partial charge < -0.3 is 5.73 Å². The van der Waals surface area contributed by atoms with Gasteiger partial charge in [-0.3, -0.25) is 4.99 Å². The molecule has 46 valence electrons. The first kappa shape index (κ1) is 6.40. The average molecular weight is 120 g/mol. The summed E-state index contributed by atoms with van der Waals surface area (Å²) in [5.74, 6) is 0.905. The molecule has 2 N–H and O–H groups in total. The Balaban J connectivity index is 2.74. The van der Waals surface area contributed by atoms with Crippen molar-refractivity contribution in [1.29, 1.82) is 0 Å². The molecule has 9 heavy (non-hydrogen) atoms.